The van der Waals surface area contributed by atoms with E-state index in [1.54, 1.807) is 14.2 Å². The maximum absolute atomic E-state index is 5.01. The summed E-state index contributed by atoms with van der Waals surface area (Å²) in [4.78, 5) is 0. The molecule has 0 aliphatic carbocycles. The van der Waals surface area contributed by atoms with Crippen LogP contribution in [0.4, 0.5) is 0 Å². The summed E-state index contributed by atoms with van der Waals surface area (Å²) in [5.74, 6) is 0. The third-order valence-corrected chi connectivity index (χ3v) is 3.44. The van der Waals surface area contributed by atoms with Gasteiger partial charge in [0.05, 0.1) is 0 Å². The quantitative estimate of drug-likeness (QED) is 0.548. The van der Waals surface area contributed by atoms with Crippen molar-refractivity contribution >= 4 is 13.6 Å². The average Bonchev–Trinajstić information content (AvgIpc) is 1.87. The van der Waals surface area contributed by atoms with Gasteiger partial charge in [0.1, 0.15) is 7.34 Å². The Morgan fingerprint density at radius 2 is 1.75 bits per heavy atom. The molecule has 0 heterocycles. The summed E-state index contributed by atoms with van der Waals surface area (Å²) in [5.41, 5.74) is 0. The fraction of sp³-hybridized carbons (Fsp3) is 0.800. The normalized spacial score (nSPS) is 11.9. The van der Waals surface area contributed by atoms with Crippen LogP contribution in [0.5, 0.6) is 0 Å². The minimum Gasteiger partial charge on any atom is -0.341 e. The van der Waals surface area contributed by atoms with E-state index in [2.05, 4.69) is 6.30 Å². The summed E-state index contributed by atoms with van der Waals surface area (Å²) < 4.78 is 10.0. The van der Waals surface area contributed by atoms with E-state index in [1.165, 1.54) is 0 Å². The first-order chi connectivity index (χ1) is 3.68. The van der Waals surface area contributed by atoms with Crippen LogP contribution in [0.3, 0.4) is 0 Å². The van der Waals surface area contributed by atoms with Crippen molar-refractivity contribution in [2.75, 3.05) is 20.4 Å². The first-order valence-electron chi connectivity index (χ1n) is 2.52. The van der Waals surface area contributed by atoms with Crippen LogP contribution in [-0.4, -0.2) is 26.7 Å². The standard InChI is InChI=1S/C5H13O2P/c1-5-8(4,6-2)7-3/h4-5H2,1-3H3. The highest BCUT2D eigenvalue weighted by atomic mass is 31.2. The van der Waals surface area contributed by atoms with E-state index in [0.29, 0.717) is 0 Å². The summed E-state index contributed by atoms with van der Waals surface area (Å²) in [6, 6.07) is 0. The van der Waals surface area contributed by atoms with Gasteiger partial charge in [-0.15, -0.1) is 0 Å². The van der Waals surface area contributed by atoms with E-state index in [4.69, 9.17) is 9.05 Å². The molecule has 0 saturated heterocycles. The zero-order valence-corrected chi connectivity index (χ0v) is 6.57. The Balaban J connectivity index is 3.79. The van der Waals surface area contributed by atoms with E-state index in [9.17, 15) is 0 Å². The molecule has 0 amide bonds. The molecule has 0 atom stereocenters. The van der Waals surface area contributed by atoms with Crippen molar-refractivity contribution in [1.82, 2.24) is 0 Å². The third-order valence-electron chi connectivity index (χ3n) is 1.15. The van der Waals surface area contributed by atoms with Crippen LogP contribution in [0.1, 0.15) is 6.92 Å². The van der Waals surface area contributed by atoms with Crippen molar-refractivity contribution in [3.63, 3.8) is 0 Å². The van der Waals surface area contributed by atoms with Gasteiger partial charge in [-0.05, 0) is 0 Å². The van der Waals surface area contributed by atoms with Gasteiger partial charge in [-0.3, -0.25) is 0 Å². The van der Waals surface area contributed by atoms with E-state index in [0.717, 1.165) is 6.16 Å². The zero-order valence-electron chi connectivity index (χ0n) is 5.68. The smallest absolute Gasteiger partial charge is 0.116 e. The van der Waals surface area contributed by atoms with Crippen molar-refractivity contribution in [2.24, 2.45) is 0 Å². The number of hydrogen-bond donors (Lipinski definition) is 0. The summed E-state index contributed by atoms with van der Waals surface area (Å²) in [5, 5.41) is 0. The molecule has 0 aliphatic heterocycles. The molecule has 0 unspecified atom stereocenters. The van der Waals surface area contributed by atoms with Crippen LogP contribution in [0.25, 0.3) is 0 Å². The van der Waals surface area contributed by atoms with Gasteiger partial charge < -0.3 is 9.05 Å². The maximum Gasteiger partial charge on any atom is 0.116 e. The summed E-state index contributed by atoms with van der Waals surface area (Å²) in [6.45, 7) is 2.01. The van der Waals surface area contributed by atoms with Gasteiger partial charge >= 0.3 is 0 Å². The van der Waals surface area contributed by atoms with Gasteiger partial charge in [0, 0.05) is 20.4 Å². The lowest BCUT2D eigenvalue weighted by molar-refractivity contribution is 0.337. The third kappa shape index (κ3) is 1.99. The van der Waals surface area contributed by atoms with Crippen LogP contribution >= 0.6 is 7.34 Å². The Hall–Kier alpha value is 0.220. The molecule has 8 heavy (non-hydrogen) atoms. The molecule has 50 valence electrons. The molecule has 3 heteroatoms. The van der Waals surface area contributed by atoms with Crippen molar-refractivity contribution in [3.05, 3.63) is 0 Å². The van der Waals surface area contributed by atoms with Crippen LogP contribution < -0.4 is 0 Å². The SMILES string of the molecule is C=P(CC)(OC)OC. The molecule has 0 aromatic heterocycles. The van der Waals surface area contributed by atoms with E-state index in [1.807, 2.05) is 6.92 Å². The lowest BCUT2D eigenvalue weighted by atomic mass is 11.0. The highest BCUT2D eigenvalue weighted by Gasteiger charge is 2.05. The topological polar surface area (TPSA) is 18.5 Å². The average molecular weight is 136 g/mol. The highest BCUT2D eigenvalue weighted by molar-refractivity contribution is 7.64. The van der Waals surface area contributed by atoms with E-state index < -0.39 is 7.34 Å². The van der Waals surface area contributed by atoms with Crippen molar-refractivity contribution in [1.29, 1.82) is 0 Å². The van der Waals surface area contributed by atoms with Crippen LogP contribution in [0, 0.1) is 0 Å². The molecular formula is C5H13O2P. The Bertz CT molecular complexity index is 81.6. The molecular weight excluding hydrogens is 123 g/mol. The lowest BCUT2D eigenvalue weighted by Crippen LogP contribution is -1.90. The summed E-state index contributed by atoms with van der Waals surface area (Å²) in [6.07, 6.45) is 4.67. The van der Waals surface area contributed by atoms with Crippen molar-refractivity contribution in [2.45, 2.75) is 6.92 Å². The Labute approximate surface area is 50.9 Å². The highest BCUT2D eigenvalue weighted by Crippen LogP contribution is 2.44. The fourth-order valence-corrected chi connectivity index (χ4v) is 0.998. The number of hydrogen-bond acceptors (Lipinski definition) is 2. The van der Waals surface area contributed by atoms with Gasteiger partial charge in [-0.1, -0.05) is 13.2 Å². The molecule has 0 N–H and O–H groups in total. The molecule has 0 aromatic rings. The molecule has 0 saturated carbocycles. The molecule has 0 radical (unpaired) electrons. The van der Waals surface area contributed by atoms with Crippen LogP contribution in [-0.2, 0) is 9.05 Å². The first-order valence-corrected chi connectivity index (χ1v) is 4.52. The second-order valence-electron chi connectivity index (χ2n) is 1.50. The van der Waals surface area contributed by atoms with Crippen LogP contribution in [0.2, 0.25) is 0 Å². The van der Waals surface area contributed by atoms with Crippen molar-refractivity contribution in [3.8, 4) is 0 Å². The number of rotatable bonds is 3. The Kier molecular flexibility index (Phi) is 3.38. The Morgan fingerprint density at radius 3 is 1.75 bits per heavy atom. The largest absolute Gasteiger partial charge is 0.341 e. The maximum atomic E-state index is 5.01. The molecule has 0 aliphatic rings. The van der Waals surface area contributed by atoms with E-state index in [-0.39, 0.29) is 0 Å². The fourth-order valence-electron chi connectivity index (χ4n) is 0.333. The molecule has 0 rings (SSSR count). The zero-order chi connectivity index (χ0) is 6.62. The molecule has 2 nitrogen and oxygen atoms in total. The molecule has 0 spiro atoms. The molecule has 0 aromatic carbocycles. The van der Waals surface area contributed by atoms with Gasteiger partial charge in [-0.2, -0.15) is 0 Å². The predicted octanol–water partition coefficient (Wildman–Crippen LogP) is 1.58. The monoisotopic (exact) mass is 136 g/mol. The van der Waals surface area contributed by atoms with Gasteiger partial charge in [0.15, 0.2) is 0 Å². The van der Waals surface area contributed by atoms with Crippen molar-refractivity contribution < 1.29 is 9.05 Å². The first kappa shape index (κ1) is 8.22. The second kappa shape index (κ2) is 3.29. The van der Waals surface area contributed by atoms with Crippen LogP contribution in [0.15, 0.2) is 0 Å². The van der Waals surface area contributed by atoms with Gasteiger partial charge in [-0.25, -0.2) is 0 Å². The van der Waals surface area contributed by atoms with Gasteiger partial charge in [0.25, 0.3) is 0 Å². The minimum absolute atomic E-state index is 0.875. The summed E-state index contributed by atoms with van der Waals surface area (Å²) >= 11 is 0. The van der Waals surface area contributed by atoms with E-state index >= 15 is 0 Å². The molecule has 0 bridgehead atoms. The Morgan fingerprint density at radius 1 is 1.38 bits per heavy atom. The van der Waals surface area contributed by atoms with Gasteiger partial charge in [0.2, 0.25) is 0 Å². The lowest BCUT2D eigenvalue weighted by Gasteiger charge is -2.16. The second-order valence-corrected chi connectivity index (χ2v) is 4.49. The molecule has 0 fully saturated rings. The summed E-state index contributed by atoms with van der Waals surface area (Å²) in [7, 11) is 1.60. The predicted molar refractivity (Wildman–Crippen MR) is 38.6 cm³/mol. The minimum atomic E-state index is -1.66.